The Hall–Kier alpha value is -1.53. The topological polar surface area (TPSA) is 49.4 Å². The van der Waals surface area contributed by atoms with Crippen LogP contribution < -0.4 is 9.62 Å². The molecule has 0 aliphatic carbocycles. The zero-order valence-electron chi connectivity index (χ0n) is 11.2. The monoisotopic (exact) mass is 354 g/mol. The van der Waals surface area contributed by atoms with E-state index in [-0.39, 0.29) is 4.90 Å². The van der Waals surface area contributed by atoms with Crippen molar-refractivity contribution in [3.05, 3.63) is 53.0 Å². The number of nitrogens with one attached hydrogen (secondary N) is 1. The molecule has 0 aliphatic heterocycles. The predicted molar refractivity (Wildman–Crippen MR) is 85.7 cm³/mol. The Morgan fingerprint density at radius 2 is 1.75 bits per heavy atom. The van der Waals surface area contributed by atoms with Crippen molar-refractivity contribution in [1.29, 1.82) is 0 Å². The molecule has 2 rings (SSSR count). The summed E-state index contributed by atoms with van der Waals surface area (Å²) in [6.45, 7) is 0. The van der Waals surface area contributed by atoms with Gasteiger partial charge < -0.3 is 4.90 Å². The quantitative estimate of drug-likeness (QED) is 0.916. The molecule has 4 nitrogen and oxygen atoms in total. The SMILES string of the molecule is CN(C)c1cccc(NS(=O)(=O)c2cccc(Br)c2)c1. The van der Waals surface area contributed by atoms with Crippen molar-refractivity contribution >= 4 is 37.3 Å². The molecule has 20 heavy (non-hydrogen) atoms. The van der Waals surface area contributed by atoms with Crippen LogP contribution in [0.4, 0.5) is 11.4 Å². The Kier molecular flexibility index (Phi) is 4.35. The van der Waals surface area contributed by atoms with Gasteiger partial charge in [-0.1, -0.05) is 28.1 Å². The van der Waals surface area contributed by atoms with Crippen LogP contribution in [0.3, 0.4) is 0 Å². The lowest BCUT2D eigenvalue weighted by atomic mass is 10.3. The number of sulfonamides is 1. The van der Waals surface area contributed by atoms with E-state index in [1.54, 1.807) is 36.4 Å². The maximum atomic E-state index is 12.3. The Balaban J connectivity index is 2.31. The van der Waals surface area contributed by atoms with E-state index in [0.717, 1.165) is 10.2 Å². The summed E-state index contributed by atoms with van der Waals surface area (Å²) in [6, 6.07) is 13.8. The lowest BCUT2D eigenvalue weighted by Gasteiger charge is -2.14. The number of anilines is 2. The first-order chi connectivity index (χ1) is 9.38. The van der Waals surface area contributed by atoms with Crippen LogP contribution >= 0.6 is 15.9 Å². The highest BCUT2D eigenvalue weighted by molar-refractivity contribution is 9.10. The Bertz CT molecular complexity index is 715. The second-order valence-corrected chi connectivity index (χ2v) is 7.11. The number of rotatable bonds is 4. The van der Waals surface area contributed by atoms with Gasteiger partial charge >= 0.3 is 0 Å². The van der Waals surface area contributed by atoms with Crippen molar-refractivity contribution in [2.75, 3.05) is 23.7 Å². The van der Waals surface area contributed by atoms with Gasteiger partial charge in [0.1, 0.15) is 0 Å². The summed E-state index contributed by atoms with van der Waals surface area (Å²) in [5.74, 6) is 0. The fraction of sp³-hybridized carbons (Fsp3) is 0.143. The molecule has 0 aliphatic rings. The van der Waals surface area contributed by atoms with E-state index >= 15 is 0 Å². The highest BCUT2D eigenvalue weighted by Crippen LogP contribution is 2.22. The van der Waals surface area contributed by atoms with E-state index in [2.05, 4.69) is 20.7 Å². The molecular formula is C14H15BrN2O2S. The largest absolute Gasteiger partial charge is 0.378 e. The van der Waals surface area contributed by atoms with Crippen LogP contribution in [-0.4, -0.2) is 22.5 Å². The second-order valence-electron chi connectivity index (χ2n) is 4.51. The first-order valence-electron chi connectivity index (χ1n) is 5.94. The first-order valence-corrected chi connectivity index (χ1v) is 8.22. The third-order valence-corrected chi connectivity index (χ3v) is 4.59. The van der Waals surface area contributed by atoms with Gasteiger partial charge in [0.15, 0.2) is 0 Å². The zero-order valence-corrected chi connectivity index (χ0v) is 13.6. The zero-order chi connectivity index (χ0) is 14.8. The van der Waals surface area contributed by atoms with E-state index in [0.29, 0.717) is 5.69 Å². The number of hydrogen-bond donors (Lipinski definition) is 1. The van der Waals surface area contributed by atoms with Gasteiger partial charge in [-0.3, -0.25) is 4.72 Å². The van der Waals surface area contributed by atoms with Gasteiger partial charge in [0, 0.05) is 24.3 Å². The second kappa shape index (κ2) is 5.85. The third kappa shape index (κ3) is 3.52. The fourth-order valence-corrected chi connectivity index (χ4v) is 3.34. The molecule has 1 N–H and O–H groups in total. The summed E-state index contributed by atoms with van der Waals surface area (Å²) in [6.07, 6.45) is 0. The minimum atomic E-state index is -3.58. The van der Waals surface area contributed by atoms with Gasteiger partial charge in [0.2, 0.25) is 0 Å². The van der Waals surface area contributed by atoms with Crippen molar-refractivity contribution in [3.63, 3.8) is 0 Å². The van der Waals surface area contributed by atoms with Crippen molar-refractivity contribution in [3.8, 4) is 0 Å². The molecule has 2 aromatic rings. The van der Waals surface area contributed by atoms with Crippen molar-refractivity contribution in [2.24, 2.45) is 0 Å². The maximum Gasteiger partial charge on any atom is 0.261 e. The highest BCUT2D eigenvalue weighted by Gasteiger charge is 2.14. The lowest BCUT2D eigenvalue weighted by Crippen LogP contribution is -2.14. The fourth-order valence-electron chi connectivity index (χ4n) is 1.70. The van der Waals surface area contributed by atoms with Crippen LogP contribution in [0, 0.1) is 0 Å². The molecule has 106 valence electrons. The lowest BCUT2D eigenvalue weighted by molar-refractivity contribution is 0.601. The molecule has 0 fully saturated rings. The Morgan fingerprint density at radius 3 is 2.40 bits per heavy atom. The molecule has 0 saturated heterocycles. The minimum absolute atomic E-state index is 0.224. The van der Waals surface area contributed by atoms with Crippen LogP contribution in [0.25, 0.3) is 0 Å². The molecule has 0 radical (unpaired) electrons. The molecular weight excluding hydrogens is 340 g/mol. The van der Waals surface area contributed by atoms with E-state index in [4.69, 9.17) is 0 Å². The summed E-state index contributed by atoms with van der Waals surface area (Å²) in [5.41, 5.74) is 1.47. The molecule has 0 saturated carbocycles. The first kappa shape index (κ1) is 14.9. The summed E-state index contributed by atoms with van der Waals surface area (Å²) < 4.78 is 27.9. The van der Waals surface area contributed by atoms with Crippen LogP contribution in [0.5, 0.6) is 0 Å². The van der Waals surface area contributed by atoms with Crippen LogP contribution in [0.2, 0.25) is 0 Å². The molecule has 0 aromatic heterocycles. The molecule has 0 bridgehead atoms. The molecule has 0 unspecified atom stereocenters. The molecule has 0 amide bonds. The summed E-state index contributed by atoms with van der Waals surface area (Å²) in [7, 11) is 0.233. The van der Waals surface area contributed by atoms with Crippen LogP contribution in [-0.2, 0) is 10.0 Å². The number of nitrogens with zero attached hydrogens (tertiary/aromatic N) is 1. The van der Waals surface area contributed by atoms with Gasteiger partial charge in [-0.15, -0.1) is 0 Å². The highest BCUT2D eigenvalue weighted by atomic mass is 79.9. The summed E-state index contributed by atoms with van der Waals surface area (Å²) in [4.78, 5) is 2.14. The smallest absolute Gasteiger partial charge is 0.261 e. The molecule has 2 aromatic carbocycles. The number of benzene rings is 2. The van der Waals surface area contributed by atoms with E-state index in [1.807, 2.05) is 31.1 Å². The van der Waals surface area contributed by atoms with Gasteiger partial charge in [-0.05, 0) is 36.4 Å². The molecule has 0 atom stereocenters. The number of halogens is 1. The normalized spacial score (nSPS) is 11.2. The Labute approximate surface area is 127 Å². The van der Waals surface area contributed by atoms with Crippen molar-refractivity contribution < 1.29 is 8.42 Å². The average Bonchev–Trinajstić information content (AvgIpc) is 2.38. The van der Waals surface area contributed by atoms with E-state index < -0.39 is 10.0 Å². The Morgan fingerprint density at radius 1 is 1.05 bits per heavy atom. The predicted octanol–water partition coefficient (Wildman–Crippen LogP) is 3.32. The maximum absolute atomic E-state index is 12.3. The van der Waals surface area contributed by atoms with E-state index in [9.17, 15) is 8.42 Å². The number of hydrogen-bond acceptors (Lipinski definition) is 3. The average molecular weight is 355 g/mol. The summed E-state index contributed by atoms with van der Waals surface area (Å²) in [5, 5.41) is 0. The summed E-state index contributed by atoms with van der Waals surface area (Å²) >= 11 is 3.27. The third-order valence-electron chi connectivity index (χ3n) is 2.72. The van der Waals surface area contributed by atoms with Crippen LogP contribution in [0.15, 0.2) is 57.9 Å². The van der Waals surface area contributed by atoms with Crippen molar-refractivity contribution in [2.45, 2.75) is 4.90 Å². The molecule has 0 heterocycles. The molecule has 6 heteroatoms. The standard InChI is InChI=1S/C14H15BrN2O2S/c1-17(2)13-7-4-6-12(10-13)16-20(18,19)14-8-3-5-11(15)9-14/h3-10,16H,1-2H3. The van der Waals surface area contributed by atoms with Gasteiger partial charge in [-0.25, -0.2) is 8.42 Å². The van der Waals surface area contributed by atoms with Gasteiger partial charge in [0.25, 0.3) is 10.0 Å². The van der Waals surface area contributed by atoms with E-state index in [1.165, 1.54) is 0 Å². The van der Waals surface area contributed by atoms with Crippen molar-refractivity contribution in [1.82, 2.24) is 0 Å². The van der Waals surface area contributed by atoms with Gasteiger partial charge in [0.05, 0.1) is 10.6 Å². The van der Waals surface area contributed by atoms with Gasteiger partial charge in [-0.2, -0.15) is 0 Å². The molecule has 0 spiro atoms. The van der Waals surface area contributed by atoms with Crippen LogP contribution in [0.1, 0.15) is 0 Å². The minimum Gasteiger partial charge on any atom is -0.378 e.